The molecule has 7 heavy (non-hydrogen) atoms. The largest absolute Gasteiger partial charge is 0.150 e. The topological polar surface area (TPSA) is 29.4 Å². The van der Waals surface area contributed by atoms with Crippen LogP contribution >= 0.6 is 11.6 Å². The van der Waals surface area contributed by atoms with Gasteiger partial charge >= 0.3 is 0 Å². The molecule has 1 atom stereocenters. The van der Waals surface area contributed by atoms with Crippen LogP contribution in [0.3, 0.4) is 0 Å². The molecule has 0 bridgehead atoms. The fourth-order valence-corrected chi connectivity index (χ4v) is 0.317. The highest BCUT2D eigenvalue weighted by molar-refractivity contribution is 6.18. The van der Waals surface area contributed by atoms with Crippen LogP contribution in [0.5, 0.6) is 0 Å². The van der Waals surface area contributed by atoms with Crippen molar-refractivity contribution < 1.29 is 0 Å². The van der Waals surface area contributed by atoms with E-state index in [0.717, 1.165) is 0 Å². The predicted octanol–water partition coefficient (Wildman–Crippen LogP) is 1.55. The third-order valence-corrected chi connectivity index (χ3v) is 0.882. The molecule has 0 heterocycles. The smallest absolute Gasteiger partial charge is 0.123 e. The van der Waals surface area contributed by atoms with Crippen molar-refractivity contribution in [1.82, 2.24) is 0 Å². The molecule has 0 rings (SSSR count). The quantitative estimate of drug-likeness (QED) is 0.315. The maximum Gasteiger partial charge on any atom is 0.123 e. The molecule has 0 saturated carbocycles. The first kappa shape index (κ1) is 6.63. The Kier molecular flexibility index (Phi) is 3.61. The molecule has 0 aromatic carbocycles. The summed E-state index contributed by atoms with van der Waals surface area (Å²) in [4.78, 5) is 9.56. The Morgan fingerprint density at radius 3 is 2.57 bits per heavy atom. The molecular formula is C4H6ClNO. The standard InChI is InChI=1S/C4H6ClNO/c1-2-4(3-5)6-7/h2,4H,1,3H2. The summed E-state index contributed by atoms with van der Waals surface area (Å²) in [5.74, 6) is 0.229. The van der Waals surface area contributed by atoms with Crippen LogP contribution in [0.4, 0.5) is 0 Å². The van der Waals surface area contributed by atoms with Gasteiger partial charge in [0.1, 0.15) is 6.04 Å². The second-order valence-corrected chi connectivity index (χ2v) is 1.37. The molecule has 0 aliphatic heterocycles. The third kappa shape index (κ3) is 2.34. The second-order valence-electron chi connectivity index (χ2n) is 1.06. The number of rotatable bonds is 3. The first-order chi connectivity index (χ1) is 3.35. The van der Waals surface area contributed by atoms with E-state index >= 15 is 0 Å². The van der Waals surface area contributed by atoms with Crippen molar-refractivity contribution in [2.45, 2.75) is 6.04 Å². The lowest BCUT2D eigenvalue weighted by Gasteiger charge is -1.89. The average molecular weight is 120 g/mol. The number of hydrogen-bond donors (Lipinski definition) is 0. The Morgan fingerprint density at radius 1 is 2.00 bits per heavy atom. The van der Waals surface area contributed by atoms with Gasteiger partial charge in [0.05, 0.1) is 5.88 Å². The maximum atomic E-state index is 9.56. The summed E-state index contributed by atoms with van der Waals surface area (Å²) >= 11 is 5.20. The van der Waals surface area contributed by atoms with Crippen LogP contribution in [0.1, 0.15) is 0 Å². The van der Waals surface area contributed by atoms with Crippen molar-refractivity contribution in [1.29, 1.82) is 0 Å². The molecule has 40 valence electrons. The highest BCUT2D eigenvalue weighted by Crippen LogP contribution is 1.92. The van der Waals surface area contributed by atoms with E-state index in [9.17, 15) is 4.91 Å². The monoisotopic (exact) mass is 119 g/mol. The van der Waals surface area contributed by atoms with E-state index in [1.54, 1.807) is 0 Å². The van der Waals surface area contributed by atoms with E-state index in [2.05, 4.69) is 11.8 Å². The van der Waals surface area contributed by atoms with E-state index < -0.39 is 6.04 Å². The van der Waals surface area contributed by atoms with Crippen LogP contribution in [-0.4, -0.2) is 11.9 Å². The van der Waals surface area contributed by atoms with Crippen molar-refractivity contribution in [3.05, 3.63) is 17.6 Å². The molecule has 0 spiro atoms. The molecule has 0 aromatic heterocycles. The van der Waals surface area contributed by atoms with Crippen LogP contribution < -0.4 is 0 Å². The van der Waals surface area contributed by atoms with Gasteiger partial charge in [-0.15, -0.1) is 18.2 Å². The molecule has 0 radical (unpaired) electrons. The van der Waals surface area contributed by atoms with Gasteiger partial charge in [0.2, 0.25) is 0 Å². The molecular weight excluding hydrogens is 114 g/mol. The SMILES string of the molecule is C=CC(CCl)N=O. The van der Waals surface area contributed by atoms with Crippen LogP contribution in [0.25, 0.3) is 0 Å². The number of alkyl halides is 1. The first-order valence-electron chi connectivity index (χ1n) is 1.86. The minimum absolute atomic E-state index is 0.229. The van der Waals surface area contributed by atoms with Gasteiger partial charge in [0.15, 0.2) is 0 Å². The predicted molar refractivity (Wildman–Crippen MR) is 30.5 cm³/mol. The fraction of sp³-hybridized carbons (Fsp3) is 0.500. The van der Waals surface area contributed by atoms with Gasteiger partial charge in [0.25, 0.3) is 0 Å². The fourth-order valence-electron chi connectivity index (χ4n) is 0.134. The third-order valence-electron chi connectivity index (χ3n) is 0.566. The van der Waals surface area contributed by atoms with Gasteiger partial charge in [-0.25, -0.2) is 0 Å². The summed E-state index contributed by atoms with van der Waals surface area (Å²) < 4.78 is 0. The number of hydrogen-bond acceptors (Lipinski definition) is 2. The minimum Gasteiger partial charge on any atom is -0.150 e. The van der Waals surface area contributed by atoms with Gasteiger partial charge in [-0.3, -0.25) is 0 Å². The minimum atomic E-state index is -0.415. The highest BCUT2D eigenvalue weighted by Gasteiger charge is 1.96. The van der Waals surface area contributed by atoms with Crippen molar-refractivity contribution in [2.24, 2.45) is 5.18 Å². The summed E-state index contributed by atoms with van der Waals surface area (Å²) in [6.07, 6.45) is 1.42. The lowest BCUT2D eigenvalue weighted by molar-refractivity contribution is 0.927. The Balaban J connectivity index is 3.36. The molecule has 0 aliphatic rings. The number of nitroso groups, excluding NO2 is 1. The van der Waals surface area contributed by atoms with Crippen molar-refractivity contribution in [2.75, 3.05) is 5.88 Å². The molecule has 1 unspecified atom stereocenters. The molecule has 0 saturated heterocycles. The highest BCUT2D eigenvalue weighted by atomic mass is 35.5. The zero-order chi connectivity index (χ0) is 5.70. The Labute approximate surface area is 47.1 Å². The van der Waals surface area contributed by atoms with E-state index in [1.165, 1.54) is 6.08 Å². The molecule has 2 nitrogen and oxygen atoms in total. The van der Waals surface area contributed by atoms with Gasteiger partial charge < -0.3 is 0 Å². The average Bonchev–Trinajstić information content (AvgIpc) is 1.72. The normalized spacial score (nSPS) is 12.7. The zero-order valence-corrected chi connectivity index (χ0v) is 4.56. The lowest BCUT2D eigenvalue weighted by Crippen LogP contribution is -1.97. The van der Waals surface area contributed by atoms with Gasteiger partial charge in [0, 0.05) is 0 Å². The van der Waals surface area contributed by atoms with E-state index in [4.69, 9.17) is 11.6 Å². The summed E-state index contributed by atoms with van der Waals surface area (Å²) in [5, 5.41) is 2.62. The molecule has 0 aromatic rings. The molecule has 0 aliphatic carbocycles. The molecule has 3 heteroatoms. The Hall–Kier alpha value is -0.370. The van der Waals surface area contributed by atoms with Crippen LogP contribution in [0, 0.1) is 4.91 Å². The summed E-state index contributed by atoms with van der Waals surface area (Å²) in [6, 6.07) is -0.415. The number of halogens is 1. The van der Waals surface area contributed by atoms with Crippen LogP contribution in [0.2, 0.25) is 0 Å². The first-order valence-corrected chi connectivity index (χ1v) is 2.39. The molecule has 0 N–H and O–H groups in total. The Morgan fingerprint density at radius 2 is 2.57 bits per heavy atom. The van der Waals surface area contributed by atoms with E-state index in [1.807, 2.05) is 0 Å². The van der Waals surface area contributed by atoms with Crippen molar-refractivity contribution in [3.63, 3.8) is 0 Å². The zero-order valence-electron chi connectivity index (χ0n) is 3.80. The Bertz CT molecular complexity index is 66.1. The lowest BCUT2D eigenvalue weighted by atomic mass is 10.4. The summed E-state index contributed by atoms with van der Waals surface area (Å²) in [5.41, 5.74) is 0. The van der Waals surface area contributed by atoms with Gasteiger partial charge in [-0.2, -0.15) is 4.91 Å². The molecule has 0 amide bonds. The summed E-state index contributed by atoms with van der Waals surface area (Å²) in [7, 11) is 0. The summed E-state index contributed by atoms with van der Waals surface area (Å²) in [6.45, 7) is 3.32. The van der Waals surface area contributed by atoms with Gasteiger partial charge in [-0.05, 0) is 0 Å². The molecule has 0 fully saturated rings. The van der Waals surface area contributed by atoms with Gasteiger partial charge in [-0.1, -0.05) is 11.3 Å². The van der Waals surface area contributed by atoms with Crippen LogP contribution in [-0.2, 0) is 0 Å². The van der Waals surface area contributed by atoms with E-state index in [-0.39, 0.29) is 5.88 Å². The van der Waals surface area contributed by atoms with Crippen LogP contribution in [0.15, 0.2) is 17.8 Å². The number of nitrogens with zero attached hydrogens (tertiary/aromatic N) is 1. The maximum absolute atomic E-state index is 9.56. The van der Waals surface area contributed by atoms with Crippen molar-refractivity contribution in [3.8, 4) is 0 Å². The van der Waals surface area contributed by atoms with Crippen molar-refractivity contribution >= 4 is 11.6 Å². The second kappa shape index (κ2) is 3.81. The van der Waals surface area contributed by atoms with E-state index in [0.29, 0.717) is 0 Å².